The van der Waals surface area contributed by atoms with Crippen molar-refractivity contribution in [1.29, 1.82) is 0 Å². The zero-order valence-electron chi connectivity index (χ0n) is 18.6. The van der Waals surface area contributed by atoms with Crippen molar-refractivity contribution in [2.24, 2.45) is 5.92 Å². The Labute approximate surface area is 188 Å². The van der Waals surface area contributed by atoms with Crippen molar-refractivity contribution in [3.63, 3.8) is 0 Å². The molecule has 6 nitrogen and oxygen atoms in total. The maximum atomic E-state index is 13.3. The highest BCUT2D eigenvalue weighted by atomic mass is 19.1. The first-order chi connectivity index (χ1) is 15.7. The standard InChI is InChI=1S/C25H31FN4O2/c26-20-8-6-18(7-9-20)16-23-27-22-10-11-30(25(31)19-4-2-1-3-5-19)17-21(22)24(28-23)29-12-14-32-15-13-29/h6-9,19H,1-5,10-17H2. The fourth-order valence-electron chi connectivity index (χ4n) is 5.14. The van der Waals surface area contributed by atoms with E-state index in [2.05, 4.69) is 4.90 Å². The van der Waals surface area contributed by atoms with E-state index in [1.165, 1.54) is 18.6 Å². The van der Waals surface area contributed by atoms with Gasteiger partial charge in [-0.2, -0.15) is 0 Å². The van der Waals surface area contributed by atoms with Crippen LogP contribution in [0.5, 0.6) is 0 Å². The van der Waals surface area contributed by atoms with Gasteiger partial charge in [-0.05, 0) is 30.5 Å². The van der Waals surface area contributed by atoms with Crippen molar-refractivity contribution >= 4 is 11.7 Å². The van der Waals surface area contributed by atoms with E-state index in [0.29, 0.717) is 32.1 Å². The number of anilines is 1. The van der Waals surface area contributed by atoms with Gasteiger partial charge in [0.2, 0.25) is 5.91 Å². The number of carbonyl (C=O) groups excluding carboxylic acids is 1. The van der Waals surface area contributed by atoms with E-state index in [4.69, 9.17) is 14.7 Å². The number of rotatable bonds is 4. The molecule has 1 aromatic heterocycles. The summed E-state index contributed by atoms with van der Waals surface area (Å²) in [5, 5.41) is 0. The van der Waals surface area contributed by atoms with Crippen LogP contribution in [0, 0.1) is 11.7 Å². The lowest BCUT2D eigenvalue weighted by molar-refractivity contribution is -0.137. The van der Waals surface area contributed by atoms with Gasteiger partial charge >= 0.3 is 0 Å². The predicted molar refractivity (Wildman–Crippen MR) is 120 cm³/mol. The van der Waals surface area contributed by atoms with Crippen molar-refractivity contribution in [1.82, 2.24) is 14.9 Å². The SMILES string of the molecule is O=C(C1CCCCC1)N1CCc2nc(Cc3ccc(F)cc3)nc(N3CCOCC3)c2C1. The minimum atomic E-state index is -0.239. The van der Waals surface area contributed by atoms with E-state index < -0.39 is 0 Å². The minimum Gasteiger partial charge on any atom is -0.378 e. The normalized spacial score (nSPS) is 19.7. The number of fused-ring (bicyclic) bond motifs is 1. The Bertz CT molecular complexity index is 953. The highest BCUT2D eigenvalue weighted by Crippen LogP contribution is 2.31. The fraction of sp³-hybridized carbons (Fsp3) is 0.560. The zero-order chi connectivity index (χ0) is 21.9. The Morgan fingerprint density at radius 2 is 1.78 bits per heavy atom. The molecule has 0 bridgehead atoms. The number of morpholine rings is 1. The second-order valence-corrected chi connectivity index (χ2v) is 9.14. The van der Waals surface area contributed by atoms with Crippen LogP contribution in [-0.2, 0) is 28.9 Å². The molecule has 170 valence electrons. The Morgan fingerprint density at radius 3 is 2.53 bits per heavy atom. The fourth-order valence-corrected chi connectivity index (χ4v) is 5.14. The molecule has 1 aromatic carbocycles. The van der Waals surface area contributed by atoms with E-state index >= 15 is 0 Å². The highest BCUT2D eigenvalue weighted by molar-refractivity contribution is 5.79. The third-order valence-electron chi connectivity index (χ3n) is 6.94. The molecular weight excluding hydrogens is 407 g/mol. The van der Waals surface area contributed by atoms with Crippen LogP contribution >= 0.6 is 0 Å². The van der Waals surface area contributed by atoms with Crippen molar-refractivity contribution < 1.29 is 13.9 Å². The summed E-state index contributed by atoms with van der Waals surface area (Å²) >= 11 is 0. The third kappa shape index (κ3) is 4.63. The summed E-state index contributed by atoms with van der Waals surface area (Å²) in [5.74, 6) is 1.94. The molecule has 2 fully saturated rings. The number of carbonyl (C=O) groups is 1. The van der Waals surface area contributed by atoms with Gasteiger partial charge in [-0.15, -0.1) is 0 Å². The second kappa shape index (κ2) is 9.53. The van der Waals surface area contributed by atoms with Crippen molar-refractivity contribution in [2.75, 3.05) is 37.7 Å². The van der Waals surface area contributed by atoms with Gasteiger partial charge in [0.25, 0.3) is 0 Å². The number of halogens is 1. The van der Waals surface area contributed by atoms with Gasteiger partial charge in [0, 0.05) is 44.0 Å². The van der Waals surface area contributed by atoms with Crippen molar-refractivity contribution in [2.45, 2.75) is 51.5 Å². The van der Waals surface area contributed by atoms with E-state index in [1.54, 1.807) is 12.1 Å². The van der Waals surface area contributed by atoms with Crippen LogP contribution in [-0.4, -0.2) is 53.6 Å². The number of nitrogens with zero attached hydrogens (tertiary/aromatic N) is 4. The average Bonchev–Trinajstić information content (AvgIpc) is 2.85. The molecule has 1 amide bonds. The maximum Gasteiger partial charge on any atom is 0.225 e. The predicted octanol–water partition coefficient (Wildman–Crippen LogP) is 3.51. The Kier molecular flexibility index (Phi) is 6.35. The molecule has 0 spiro atoms. The topological polar surface area (TPSA) is 58.6 Å². The van der Waals surface area contributed by atoms with Crippen LogP contribution in [0.2, 0.25) is 0 Å². The van der Waals surface area contributed by atoms with Gasteiger partial charge in [-0.3, -0.25) is 4.79 Å². The molecule has 0 unspecified atom stereocenters. The third-order valence-corrected chi connectivity index (χ3v) is 6.94. The van der Waals surface area contributed by atoms with Gasteiger partial charge in [0.05, 0.1) is 25.5 Å². The molecule has 1 saturated carbocycles. The molecule has 0 radical (unpaired) electrons. The Morgan fingerprint density at radius 1 is 1.03 bits per heavy atom. The summed E-state index contributed by atoms with van der Waals surface area (Å²) in [5.41, 5.74) is 3.13. The van der Waals surface area contributed by atoms with Crippen LogP contribution < -0.4 is 4.90 Å². The van der Waals surface area contributed by atoms with Crippen molar-refractivity contribution in [3.05, 3.63) is 52.7 Å². The summed E-state index contributed by atoms with van der Waals surface area (Å²) in [7, 11) is 0. The van der Waals surface area contributed by atoms with Crippen molar-refractivity contribution in [3.8, 4) is 0 Å². The van der Waals surface area contributed by atoms with Crippen LogP contribution in [0.25, 0.3) is 0 Å². The largest absolute Gasteiger partial charge is 0.378 e. The molecule has 2 aliphatic heterocycles. The maximum absolute atomic E-state index is 13.3. The van der Waals surface area contributed by atoms with Crippen LogP contribution in [0.3, 0.4) is 0 Å². The summed E-state index contributed by atoms with van der Waals surface area (Å²) < 4.78 is 18.9. The number of amides is 1. The molecular formula is C25H31FN4O2. The number of benzene rings is 1. The number of hydrogen-bond donors (Lipinski definition) is 0. The molecule has 1 saturated heterocycles. The molecule has 0 atom stereocenters. The summed E-state index contributed by atoms with van der Waals surface area (Å²) in [6.07, 6.45) is 6.93. The molecule has 32 heavy (non-hydrogen) atoms. The Balaban J connectivity index is 1.42. The molecule has 3 aliphatic rings. The number of hydrogen-bond acceptors (Lipinski definition) is 5. The molecule has 7 heteroatoms. The molecule has 5 rings (SSSR count). The van der Waals surface area contributed by atoms with E-state index in [0.717, 1.165) is 80.2 Å². The molecule has 1 aliphatic carbocycles. The van der Waals surface area contributed by atoms with E-state index in [9.17, 15) is 9.18 Å². The number of ether oxygens (including phenoxy) is 1. The lowest BCUT2D eigenvalue weighted by Gasteiger charge is -2.36. The van der Waals surface area contributed by atoms with Crippen LogP contribution in [0.15, 0.2) is 24.3 Å². The minimum absolute atomic E-state index is 0.177. The zero-order valence-corrected chi connectivity index (χ0v) is 18.6. The summed E-state index contributed by atoms with van der Waals surface area (Å²) in [4.78, 5) is 27.4. The smallest absolute Gasteiger partial charge is 0.225 e. The monoisotopic (exact) mass is 438 g/mol. The van der Waals surface area contributed by atoms with Gasteiger partial charge in [0.15, 0.2) is 0 Å². The summed E-state index contributed by atoms with van der Waals surface area (Å²) in [6.45, 7) is 4.24. The number of aromatic nitrogens is 2. The van der Waals surface area contributed by atoms with E-state index in [1.807, 2.05) is 4.90 Å². The first-order valence-corrected chi connectivity index (χ1v) is 11.9. The lowest BCUT2D eigenvalue weighted by Crippen LogP contribution is -2.43. The van der Waals surface area contributed by atoms with Gasteiger partial charge in [0.1, 0.15) is 17.5 Å². The second-order valence-electron chi connectivity index (χ2n) is 9.14. The average molecular weight is 439 g/mol. The summed E-state index contributed by atoms with van der Waals surface area (Å²) in [6, 6.07) is 6.53. The first kappa shape index (κ1) is 21.3. The molecule has 3 heterocycles. The van der Waals surface area contributed by atoms with Crippen LogP contribution in [0.1, 0.15) is 54.7 Å². The molecule has 0 N–H and O–H groups in total. The van der Waals surface area contributed by atoms with Gasteiger partial charge in [-0.1, -0.05) is 31.4 Å². The lowest BCUT2D eigenvalue weighted by atomic mass is 9.87. The first-order valence-electron chi connectivity index (χ1n) is 11.9. The molecule has 2 aromatic rings. The highest BCUT2D eigenvalue weighted by Gasteiger charge is 2.32. The van der Waals surface area contributed by atoms with Crippen LogP contribution in [0.4, 0.5) is 10.2 Å². The van der Waals surface area contributed by atoms with Gasteiger partial charge < -0.3 is 14.5 Å². The van der Waals surface area contributed by atoms with E-state index in [-0.39, 0.29) is 11.7 Å². The Hall–Kier alpha value is -2.54. The quantitative estimate of drug-likeness (QED) is 0.731. The van der Waals surface area contributed by atoms with Gasteiger partial charge in [-0.25, -0.2) is 14.4 Å².